The first kappa shape index (κ1) is 24.6. The van der Waals surface area contributed by atoms with Crippen molar-refractivity contribution in [3.63, 3.8) is 0 Å². The Morgan fingerprint density at radius 3 is 2.26 bits per heavy atom. The van der Waals surface area contributed by atoms with E-state index in [1.165, 1.54) is 5.69 Å². The second-order valence-corrected chi connectivity index (χ2v) is 11.2. The number of likely N-dealkylation sites (tertiary alicyclic amines) is 1. The van der Waals surface area contributed by atoms with Gasteiger partial charge in [0.05, 0.1) is 16.6 Å². The van der Waals surface area contributed by atoms with E-state index in [0.29, 0.717) is 10.8 Å². The van der Waals surface area contributed by atoms with E-state index in [4.69, 9.17) is 0 Å². The molecule has 1 fully saturated rings. The Bertz CT molecular complexity index is 1150. The summed E-state index contributed by atoms with van der Waals surface area (Å²) in [5.41, 5.74) is 3.48. The zero-order valence-corrected chi connectivity index (χ0v) is 21.3. The van der Waals surface area contributed by atoms with Gasteiger partial charge in [0.15, 0.2) is 0 Å². The molecular formula is C27H36N4O2S. The lowest BCUT2D eigenvalue weighted by atomic mass is 9.92. The van der Waals surface area contributed by atoms with Gasteiger partial charge in [-0.2, -0.15) is 9.40 Å². The lowest BCUT2D eigenvalue weighted by Crippen LogP contribution is -2.37. The maximum Gasteiger partial charge on any atom is 0.243 e. The number of aryl methyl sites for hydroxylation is 2. The Hall–Kier alpha value is -2.48. The van der Waals surface area contributed by atoms with Crippen LogP contribution in [0.2, 0.25) is 0 Å². The number of hydrogen-bond acceptors (Lipinski definition) is 4. The van der Waals surface area contributed by atoms with Crippen LogP contribution in [0, 0.1) is 6.92 Å². The molecule has 3 aromatic rings. The van der Waals surface area contributed by atoms with Crippen molar-refractivity contribution in [3.8, 4) is 0 Å². The van der Waals surface area contributed by atoms with Gasteiger partial charge in [-0.15, -0.1) is 0 Å². The van der Waals surface area contributed by atoms with Crippen LogP contribution in [0.1, 0.15) is 55.1 Å². The van der Waals surface area contributed by atoms with E-state index in [1.54, 1.807) is 35.6 Å². The first-order chi connectivity index (χ1) is 16.4. The van der Waals surface area contributed by atoms with Crippen molar-refractivity contribution < 1.29 is 8.42 Å². The third-order valence-electron chi connectivity index (χ3n) is 7.00. The highest BCUT2D eigenvalue weighted by Crippen LogP contribution is 2.32. The van der Waals surface area contributed by atoms with Crippen LogP contribution in [-0.4, -0.2) is 54.1 Å². The maximum atomic E-state index is 13.4. The van der Waals surface area contributed by atoms with Crippen LogP contribution in [0.25, 0.3) is 0 Å². The lowest BCUT2D eigenvalue weighted by Gasteiger charge is -2.34. The molecule has 1 aliphatic heterocycles. The first-order valence-corrected chi connectivity index (χ1v) is 13.7. The van der Waals surface area contributed by atoms with Crippen LogP contribution in [0.15, 0.2) is 71.6 Å². The van der Waals surface area contributed by atoms with Gasteiger partial charge in [-0.3, -0.25) is 4.68 Å². The van der Waals surface area contributed by atoms with Gasteiger partial charge in [0.25, 0.3) is 0 Å². The van der Waals surface area contributed by atoms with Gasteiger partial charge < -0.3 is 4.90 Å². The fourth-order valence-electron chi connectivity index (χ4n) is 5.06. The molecule has 0 saturated carbocycles. The number of benzene rings is 2. The van der Waals surface area contributed by atoms with Crippen molar-refractivity contribution in [1.82, 2.24) is 19.0 Å². The second-order valence-electron chi connectivity index (χ2n) is 9.19. The van der Waals surface area contributed by atoms with E-state index in [0.717, 1.165) is 56.7 Å². The van der Waals surface area contributed by atoms with Crippen molar-refractivity contribution in [2.24, 2.45) is 0 Å². The van der Waals surface area contributed by atoms with Crippen LogP contribution in [0.4, 0.5) is 0 Å². The van der Waals surface area contributed by atoms with Gasteiger partial charge in [0.2, 0.25) is 10.0 Å². The molecule has 0 bridgehead atoms. The molecule has 0 radical (unpaired) electrons. The quantitative estimate of drug-likeness (QED) is 0.440. The maximum absolute atomic E-state index is 13.4. The standard InChI is InChI=1S/C27H36N4O2S/c1-4-31-27(21-22(2)28-31)24-15-18-30(19-16-24)20-17-26(23-11-7-5-8-12-23)29(3)34(32,33)25-13-9-6-10-14-25/h5-14,21,24,26H,4,15-20H2,1-3H3/t26-/m1/s1. The average Bonchev–Trinajstić information content (AvgIpc) is 3.26. The minimum absolute atomic E-state index is 0.215. The Balaban J connectivity index is 1.44. The molecule has 182 valence electrons. The molecule has 0 aliphatic carbocycles. The third-order valence-corrected chi connectivity index (χ3v) is 8.88. The molecule has 0 unspecified atom stereocenters. The highest BCUT2D eigenvalue weighted by Gasteiger charge is 2.30. The van der Waals surface area contributed by atoms with Crippen molar-refractivity contribution in [2.45, 2.75) is 56.5 Å². The molecule has 7 heteroatoms. The Kier molecular flexibility index (Phi) is 7.86. The van der Waals surface area contributed by atoms with Gasteiger partial charge in [-0.05, 0) is 76.5 Å². The van der Waals surface area contributed by atoms with Gasteiger partial charge in [0.1, 0.15) is 0 Å². The molecule has 34 heavy (non-hydrogen) atoms. The van der Waals surface area contributed by atoms with Crippen LogP contribution in [-0.2, 0) is 16.6 Å². The first-order valence-electron chi connectivity index (χ1n) is 12.2. The van der Waals surface area contributed by atoms with E-state index >= 15 is 0 Å². The summed E-state index contributed by atoms with van der Waals surface area (Å²) < 4.78 is 30.4. The summed E-state index contributed by atoms with van der Waals surface area (Å²) in [6.45, 7) is 8.03. The minimum atomic E-state index is -3.58. The highest BCUT2D eigenvalue weighted by atomic mass is 32.2. The molecule has 6 nitrogen and oxygen atoms in total. The van der Waals surface area contributed by atoms with Crippen LogP contribution >= 0.6 is 0 Å². The highest BCUT2D eigenvalue weighted by molar-refractivity contribution is 7.89. The Morgan fingerprint density at radius 1 is 1.03 bits per heavy atom. The fourth-order valence-corrected chi connectivity index (χ4v) is 6.46. The fraction of sp³-hybridized carbons (Fsp3) is 0.444. The Labute approximate surface area is 204 Å². The monoisotopic (exact) mass is 480 g/mol. The summed E-state index contributed by atoms with van der Waals surface area (Å²) in [5, 5.41) is 4.62. The molecule has 1 atom stereocenters. The van der Waals surface area contributed by atoms with Crippen LogP contribution < -0.4 is 0 Å². The van der Waals surface area contributed by atoms with E-state index in [9.17, 15) is 8.42 Å². The van der Waals surface area contributed by atoms with Gasteiger partial charge in [-0.25, -0.2) is 8.42 Å². The van der Waals surface area contributed by atoms with Crippen molar-refractivity contribution >= 4 is 10.0 Å². The van der Waals surface area contributed by atoms with Crippen molar-refractivity contribution in [3.05, 3.63) is 83.7 Å². The smallest absolute Gasteiger partial charge is 0.243 e. The molecule has 0 spiro atoms. The van der Waals surface area contributed by atoms with E-state index < -0.39 is 10.0 Å². The predicted octanol–water partition coefficient (Wildman–Crippen LogP) is 4.84. The molecule has 0 amide bonds. The molecule has 0 N–H and O–H groups in total. The van der Waals surface area contributed by atoms with Crippen molar-refractivity contribution in [1.29, 1.82) is 0 Å². The predicted molar refractivity (Wildman–Crippen MR) is 136 cm³/mol. The molecule has 1 aliphatic rings. The topological polar surface area (TPSA) is 58.4 Å². The zero-order valence-electron chi connectivity index (χ0n) is 20.5. The third kappa shape index (κ3) is 5.43. The Morgan fingerprint density at radius 2 is 1.65 bits per heavy atom. The van der Waals surface area contributed by atoms with Gasteiger partial charge >= 0.3 is 0 Å². The van der Waals surface area contributed by atoms with Crippen LogP contribution in [0.5, 0.6) is 0 Å². The summed E-state index contributed by atoms with van der Waals surface area (Å²) in [7, 11) is -1.88. The molecular weight excluding hydrogens is 444 g/mol. The summed E-state index contributed by atoms with van der Waals surface area (Å²) in [4.78, 5) is 2.82. The lowest BCUT2D eigenvalue weighted by molar-refractivity contribution is 0.190. The molecule has 2 heterocycles. The average molecular weight is 481 g/mol. The van der Waals surface area contributed by atoms with Gasteiger partial charge in [-0.1, -0.05) is 48.5 Å². The molecule has 1 aromatic heterocycles. The summed E-state index contributed by atoms with van der Waals surface area (Å²) >= 11 is 0. The number of hydrogen-bond donors (Lipinski definition) is 0. The van der Waals surface area contributed by atoms with Crippen LogP contribution in [0.3, 0.4) is 0 Å². The summed E-state index contributed by atoms with van der Waals surface area (Å²) in [6.07, 6.45) is 2.97. The molecule has 2 aromatic carbocycles. The number of sulfonamides is 1. The van der Waals surface area contributed by atoms with Crippen molar-refractivity contribution in [2.75, 3.05) is 26.7 Å². The van der Waals surface area contributed by atoms with E-state index in [2.05, 4.69) is 34.6 Å². The second kappa shape index (κ2) is 10.8. The SMILES string of the molecule is CCn1nc(C)cc1C1CCN(CC[C@H](c2ccccc2)N(C)S(=O)(=O)c2ccccc2)CC1. The largest absolute Gasteiger partial charge is 0.303 e. The number of aromatic nitrogens is 2. The summed E-state index contributed by atoms with van der Waals surface area (Å²) in [6, 6.07) is 20.7. The van der Waals surface area contributed by atoms with E-state index in [1.807, 2.05) is 36.4 Å². The number of nitrogens with zero attached hydrogens (tertiary/aromatic N) is 4. The molecule has 1 saturated heterocycles. The van der Waals surface area contributed by atoms with E-state index in [-0.39, 0.29) is 6.04 Å². The minimum Gasteiger partial charge on any atom is -0.303 e. The number of rotatable bonds is 9. The molecule has 4 rings (SSSR count). The number of piperidine rings is 1. The summed E-state index contributed by atoms with van der Waals surface area (Å²) in [5.74, 6) is 0.545. The zero-order chi connectivity index (χ0) is 24.1. The van der Waals surface area contributed by atoms with Gasteiger partial charge in [0, 0.05) is 25.2 Å². The normalized spacial score (nSPS) is 16.7.